The summed E-state index contributed by atoms with van der Waals surface area (Å²) in [7, 11) is -23.8. The topological polar surface area (TPSA) is 114 Å². The number of unbranched alkanes of at least 4 members (excludes halogenated alkanes) is 4. The zero-order valence-corrected chi connectivity index (χ0v) is 62.9. The van der Waals surface area contributed by atoms with Crippen molar-refractivity contribution in [3.63, 3.8) is 0 Å². The van der Waals surface area contributed by atoms with Crippen molar-refractivity contribution < 1.29 is 43.1 Å². The van der Waals surface area contributed by atoms with Crippen LogP contribution in [0.5, 0.6) is 11.5 Å². The van der Waals surface area contributed by atoms with Crippen molar-refractivity contribution in [1.82, 2.24) is 0 Å². The molecule has 2 N–H and O–H groups in total. The highest BCUT2D eigenvalue weighted by atomic mass is 28.5. The SMILES string of the molecule is CCCC[Si](C)(C)O[Si](C)(C)O[Si](C)(CCCc1cc(C(C)(C)c2ccc(O)c(CCC[Si](C)(O[Si](C)(C)O[Si](C)(C)CCCC)O[Si](C)(C)O[Si](C)(C)CCCC)c2)ccc1O)O[Si](C)(C)O[Si](C)(C)CCCC. The number of phenolic OH excluding ortho intramolecular Hbond substituents is 2. The Bertz CT molecular complexity index is 1820. The van der Waals surface area contributed by atoms with E-state index in [2.05, 4.69) is 172 Å². The molecule has 0 aliphatic rings. The molecule has 0 saturated heterocycles. The van der Waals surface area contributed by atoms with Crippen LogP contribution in [0.4, 0.5) is 0 Å². The van der Waals surface area contributed by atoms with E-state index in [4.69, 9.17) is 32.9 Å². The third-order valence-electron chi connectivity index (χ3n) is 14.2. The van der Waals surface area contributed by atoms with Gasteiger partial charge in [0.1, 0.15) is 11.5 Å². The summed E-state index contributed by atoms with van der Waals surface area (Å²) < 4.78 is 57.3. The minimum absolute atomic E-state index is 0.304. The molecule has 0 bridgehead atoms. The molecule has 2 aromatic rings. The normalized spacial score (nSPS) is 14.3. The molecule has 436 valence electrons. The Morgan fingerprint density at radius 3 is 0.813 bits per heavy atom. The summed E-state index contributed by atoms with van der Waals surface area (Å²) in [5, 5.41) is 22.8. The standard InChI is InChI=1S/C55H116O10Si10/c1-25-29-41-66(7,8)58-70(15,16)62-74(23,63-71(17,18)59-67(9,10)42-30-26-2)45-33-35-49-47-51(37-39-53(49)56)55(5,6)52-38-40-54(57)50(48-52)36-34-46-75(24,64-72(19,20)60-68(11,12)43-31-27-3)65-73(21,22)61-69(13,14)44-32-28-4/h37-40,47-48,56-57H,25-36,41-46H2,1-24H3. The lowest BCUT2D eigenvalue weighted by atomic mass is 9.76. The van der Waals surface area contributed by atoms with E-state index in [1.165, 1.54) is 25.7 Å². The lowest BCUT2D eigenvalue weighted by Crippen LogP contribution is -2.59. The van der Waals surface area contributed by atoms with E-state index in [0.717, 1.165) is 97.0 Å². The van der Waals surface area contributed by atoms with Crippen LogP contribution in [0.3, 0.4) is 0 Å². The maximum Gasteiger partial charge on any atom is 0.317 e. The van der Waals surface area contributed by atoms with E-state index in [1.807, 2.05) is 24.3 Å². The van der Waals surface area contributed by atoms with E-state index in [9.17, 15) is 10.2 Å². The molecule has 0 spiro atoms. The highest BCUT2D eigenvalue weighted by molar-refractivity contribution is 6.92. The molecule has 0 saturated carbocycles. The van der Waals surface area contributed by atoms with E-state index in [1.54, 1.807) is 0 Å². The molecule has 2 rings (SSSR count). The monoisotopic (exact) mass is 1220 g/mol. The number of hydrogen-bond donors (Lipinski definition) is 2. The van der Waals surface area contributed by atoms with E-state index < -0.39 is 90.1 Å². The zero-order valence-electron chi connectivity index (χ0n) is 52.9. The third-order valence-corrected chi connectivity index (χ3v) is 54.5. The van der Waals surface area contributed by atoms with Crippen molar-refractivity contribution >= 4 is 84.6 Å². The van der Waals surface area contributed by atoms with Crippen LogP contribution < -0.4 is 0 Å². The molecule has 0 atom stereocenters. The average Bonchev–Trinajstić information content (AvgIpc) is 3.22. The highest BCUT2D eigenvalue weighted by Crippen LogP contribution is 2.39. The van der Waals surface area contributed by atoms with Crippen molar-refractivity contribution in [3.05, 3.63) is 58.7 Å². The second kappa shape index (κ2) is 29.2. The third kappa shape index (κ3) is 26.6. The number of rotatable bonds is 38. The summed E-state index contributed by atoms with van der Waals surface area (Å²) >= 11 is 0. The summed E-state index contributed by atoms with van der Waals surface area (Å²) in [4.78, 5) is 0. The number of benzene rings is 2. The number of phenols is 2. The maximum absolute atomic E-state index is 11.4. The molecule has 0 aliphatic carbocycles. The van der Waals surface area contributed by atoms with Gasteiger partial charge in [-0.15, -0.1) is 0 Å². The van der Waals surface area contributed by atoms with E-state index >= 15 is 0 Å². The van der Waals surface area contributed by atoms with Crippen molar-refractivity contribution in [1.29, 1.82) is 0 Å². The highest BCUT2D eigenvalue weighted by Gasteiger charge is 2.50. The summed E-state index contributed by atoms with van der Waals surface area (Å²) in [6, 6.07) is 18.2. The van der Waals surface area contributed by atoms with Crippen molar-refractivity contribution in [3.8, 4) is 11.5 Å². The molecule has 20 heteroatoms. The predicted octanol–water partition coefficient (Wildman–Crippen LogP) is 18.4. The largest absolute Gasteiger partial charge is 0.508 e. The van der Waals surface area contributed by atoms with Gasteiger partial charge in [-0.3, -0.25) is 0 Å². The summed E-state index contributed by atoms with van der Waals surface area (Å²) in [5.74, 6) is 0.608. The molecule has 0 amide bonds. The van der Waals surface area contributed by atoms with Crippen molar-refractivity contribution in [2.24, 2.45) is 0 Å². The van der Waals surface area contributed by atoms with Crippen LogP contribution >= 0.6 is 0 Å². The Hall–Kier alpha value is -0.111. The predicted molar refractivity (Wildman–Crippen MR) is 345 cm³/mol. The maximum atomic E-state index is 11.4. The molecule has 0 heterocycles. The number of aryl methyl sites for hydroxylation is 2. The first kappa shape index (κ1) is 71.0. The fourth-order valence-corrected chi connectivity index (χ4v) is 62.3. The van der Waals surface area contributed by atoms with Gasteiger partial charge in [0.2, 0.25) is 0 Å². The molecule has 0 radical (unpaired) electrons. The lowest BCUT2D eigenvalue weighted by molar-refractivity contribution is 0.287. The molecule has 0 aliphatic heterocycles. The van der Waals surface area contributed by atoms with Crippen molar-refractivity contribution in [2.45, 2.75) is 278 Å². The van der Waals surface area contributed by atoms with Gasteiger partial charge in [-0.05, 0) is 214 Å². The second-order valence-electron chi connectivity index (χ2n) is 27.2. The quantitative estimate of drug-likeness (QED) is 0.0630. The number of aromatic hydroxyl groups is 2. The van der Waals surface area contributed by atoms with Gasteiger partial charge in [-0.25, -0.2) is 0 Å². The van der Waals surface area contributed by atoms with Gasteiger partial charge >= 0.3 is 51.4 Å². The molecule has 0 unspecified atom stereocenters. The van der Waals surface area contributed by atoms with Crippen molar-refractivity contribution in [2.75, 3.05) is 0 Å². The van der Waals surface area contributed by atoms with Crippen LogP contribution in [0.2, 0.25) is 154 Å². The van der Waals surface area contributed by atoms with E-state index in [-0.39, 0.29) is 0 Å². The fraction of sp³-hybridized carbons (Fsp3) is 0.782. The van der Waals surface area contributed by atoms with Gasteiger partial charge in [-0.2, -0.15) is 0 Å². The van der Waals surface area contributed by atoms with E-state index in [0.29, 0.717) is 24.3 Å². The smallest absolute Gasteiger partial charge is 0.317 e. The Balaban J connectivity index is 2.45. The van der Waals surface area contributed by atoms with Crippen LogP contribution in [-0.4, -0.2) is 94.8 Å². The number of hydrogen-bond acceptors (Lipinski definition) is 10. The van der Waals surface area contributed by atoms with Crippen LogP contribution in [-0.2, 0) is 51.2 Å². The minimum atomic E-state index is -2.85. The second-order valence-corrected chi connectivity index (χ2v) is 66.5. The first-order valence-corrected chi connectivity index (χ1v) is 58.1. The molecular formula is C55H116O10Si10. The van der Waals surface area contributed by atoms with Gasteiger partial charge in [0.15, 0.2) is 33.3 Å². The summed E-state index contributed by atoms with van der Waals surface area (Å²) in [6.07, 6.45) is 12.3. The summed E-state index contributed by atoms with van der Waals surface area (Å²) in [5.41, 5.74) is 3.64. The molecule has 0 aromatic heterocycles. The summed E-state index contributed by atoms with van der Waals surface area (Å²) in [6.45, 7) is 54.2. The Labute approximate surface area is 472 Å². The molecule has 0 fully saturated rings. The molecule has 75 heavy (non-hydrogen) atoms. The van der Waals surface area contributed by atoms with Gasteiger partial charge in [0.25, 0.3) is 0 Å². The van der Waals surface area contributed by atoms with Crippen LogP contribution in [0.25, 0.3) is 0 Å². The first-order chi connectivity index (χ1) is 34.1. The fourth-order valence-electron chi connectivity index (χ4n) is 11.4. The van der Waals surface area contributed by atoms with Gasteiger partial charge in [0, 0.05) is 5.41 Å². The minimum Gasteiger partial charge on any atom is -0.508 e. The van der Waals surface area contributed by atoms with Gasteiger partial charge in [0.05, 0.1) is 0 Å². The molecule has 10 nitrogen and oxygen atoms in total. The van der Waals surface area contributed by atoms with Gasteiger partial charge in [-0.1, -0.05) is 117 Å². The first-order valence-electron chi connectivity index (χ1n) is 29.3. The van der Waals surface area contributed by atoms with Crippen LogP contribution in [0.1, 0.15) is 128 Å². The zero-order chi connectivity index (χ0) is 57.6. The Kier molecular flexibility index (Phi) is 27.7. The Morgan fingerprint density at radius 2 is 0.587 bits per heavy atom. The van der Waals surface area contributed by atoms with Crippen LogP contribution in [0.15, 0.2) is 36.4 Å². The lowest BCUT2D eigenvalue weighted by Gasteiger charge is -2.44. The molecule has 2 aromatic carbocycles. The average molecular weight is 1220 g/mol. The Morgan fingerprint density at radius 1 is 0.347 bits per heavy atom. The van der Waals surface area contributed by atoms with Crippen LogP contribution in [0, 0.1) is 0 Å². The molecular weight excluding hydrogens is 1100 g/mol. The van der Waals surface area contributed by atoms with Gasteiger partial charge < -0.3 is 43.1 Å².